The molecule has 1 fully saturated rings. The zero-order chi connectivity index (χ0) is 13.1. The first kappa shape index (κ1) is 12.4. The molecule has 1 aliphatic carbocycles. The van der Waals surface area contributed by atoms with Gasteiger partial charge in [-0.15, -0.1) is 0 Å². The summed E-state index contributed by atoms with van der Waals surface area (Å²) in [4.78, 5) is 4.57. The molecule has 1 aromatic heterocycles. The summed E-state index contributed by atoms with van der Waals surface area (Å²) in [7, 11) is 0. The van der Waals surface area contributed by atoms with E-state index in [1.807, 2.05) is 6.07 Å². The fraction of sp³-hybridized carbons (Fsp3) is 0.467. The third-order valence-corrected chi connectivity index (χ3v) is 3.74. The van der Waals surface area contributed by atoms with E-state index in [-0.39, 0.29) is 5.41 Å². The second kappa shape index (κ2) is 5.13. The minimum absolute atomic E-state index is 0.0151. The third-order valence-electron chi connectivity index (χ3n) is 3.74. The number of rotatable bonds is 6. The second-order valence-corrected chi connectivity index (χ2v) is 5.06. The molecule has 1 aliphatic rings. The van der Waals surface area contributed by atoms with E-state index in [1.54, 1.807) is 0 Å². The van der Waals surface area contributed by atoms with Gasteiger partial charge in [0.1, 0.15) is 0 Å². The molecule has 3 rings (SSSR count). The van der Waals surface area contributed by atoms with Crippen molar-refractivity contribution in [2.45, 2.75) is 31.6 Å². The zero-order valence-electron chi connectivity index (χ0n) is 11.2. The number of likely N-dealkylation sites (N-methyl/N-ethyl adjacent to an activating group) is 1. The monoisotopic (exact) mass is 257 g/mol. The fourth-order valence-electron chi connectivity index (χ4n) is 2.45. The van der Waals surface area contributed by atoms with E-state index in [4.69, 9.17) is 4.52 Å². The van der Waals surface area contributed by atoms with Crippen LogP contribution in [0.15, 0.2) is 34.9 Å². The Hall–Kier alpha value is -1.68. The molecule has 1 saturated carbocycles. The van der Waals surface area contributed by atoms with Crippen molar-refractivity contribution >= 4 is 0 Å². The summed E-state index contributed by atoms with van der Waals surface area (Å²) < 4.78 is 5.36. The average Bonchev–Trinajstić information content (AvgIpc) is 3.14. The highest BCUT2D eigenvalue weighted by Crippen LogP contribution is 2.52. The maximum absolute atomic E-state index is 5.36. The molecule has 100 valence electrons. The number of aromatic nitrogens is 2. The predicted molar refractivity (Wildman–Crippen MR) is 73.0 cm³/mol. The van der Waals surface area contributed by atoms with Gasteiger partial charge in [0.25, 0.3) is 0 Å². The molecule has 0 saturated heterocycles. The molecule has 0 aliphatic heterocycles. The maximum atomic E-state index is 5.36. The Labute approximate surface area is 113 Å². The highest BCUT2D eigenvalue weighted by Gasteiger charge is 2.49. The van der Waals surface area contributed by atoms with Crippen LogP contribution < -0.4 is 5.32 Å². The Bertz CT molecular complexity index is 531. The van der Waals surface area contributed by atoms with Crippen LogP contribution in [0.5, 0.6) is 0 Å². The first-order valence-corrected chi connectivity index (χ1v) is 6.94. The summed E-state index contributed by atoms with van der Waals surface area (Å²) in [6.07, 6.45) is 3.03. The number of hydrogen-bond donors (Lipinski definition) is 1. The lowest BCUT2D eigenvalue weighted by Crippen LogP contribution is -2.16. The molecule has 0 bridgehead atoms. The quantitative estimate of drug-likeness (QED) is 0.807. The van der Waals surface area contributed by atoms with Crippen molar-refractivity contribution in [1.82, 2.24) is 15.5 Å². The van der Waals surface area contributed by atoms with Gasteiger partial charge in [0, 0.05) is 13.0 Å². The van der Waals surface area contributed by atoms with Crippen LogP contribution in [-0.4, -0.2) is 23.2 Å². The number of hydrogen-bond acceptors (Lipinski definition) is 4. The van der Waals surface area contributed by atoms with Gasteiger partial charge in [0.05, 0.1) is 5.41 Å². The topological polar surface area (TPSA) is 51.0 Å². The van der Waals surface area contributed by atoms with Crippen LogP contribution in [0.2, 0.25) is 0 Å². The molecule has 4 heteroatoms. The Balaban J connectivity index is 1.76. The van der Waals surface area contributed by atoms with Crippen LogP contribution in [0.3, 0.4) is 0 Å². The van der Waals surface area contributed by atoms with Crippen LogP contribution >= 0.6 is 0 Å². The first-order valence-electron chi connectivity index (χ1n) is 6.94. The molecule has 1 N–H and O–H groups in total. The average molecular weight is 257 g/mol. The van der Waals surface area contributed by atoms with Gasteiger partial charge in [0.15, 0.2) is 5.82 Å². The Morgan fingerprint density at radius 2 is 2.05 bits per heavy atom. The van der Waals surface area contributed by atoms with Gasteiger partial charge >= 0.3 is 0 Å². The molecule has 2 aromatic rings. The van der Waals surface area contributed by atoms with Crippen LogP contribution in [0.1, 0.15) is 37.0 Å². The Morgan fingerprint density at radius 3 is 2.74 bits per heavy atom. The van der Waals surface area contributed by atoms with E-state index in [0.717, 1.165) is 44.1 Å². The standard InChI is InChI=1S/C15H19N3O/c1-2-16-11-8-13-17-14(18-19-13)15(9-10-15)12-6-4-3-5-7-12/h3-7,16H,2,8-11H2,1H3. The van der Waals surface area contributed by atoms with Crippen molar-refractivity contribution in [3.63, 3.8) is 0 Å². The molecular formula is C15H19N3O. The van der Waals surface area contributed by atoms with Crippen molar-refractivity contribution in [3.05, 3.63) is 47.6 Å². The number of nitrogens with zero attached hydrogens (tertiary/aromatic N) is 2. The minimum Gasteiger partial charge on any atom is -0.339 e. The maximum Gasteiger partial charge on any atom is 0.227 e. The summed E-state index contributed by atoms with van der Waals surface area (Å²) >= 11 is 0. The van der Waals surface area contributed by atoms with Gasteiger partial charge in [-0.05, 0) is 24.9 Å². The summed E-state index contributed by atoms with van der Waals surface area (Å²) in [5.41, 5.74) is 1.32. The Kier molecular flexibility index (Phi) is 3.34. The van der Waals surface area contributed by atoms with Crippen molar-refractivity contribution in [2.24, 2.45) is 0 Å². The zero-order valence-corrected chi connectivity index (χ0v) is 11.2. The molecule has 19 heavy (non-hydrogen) atoms. The van der Waals surface area contributed by atoms with Gasteiger partial charge in [-0.25, -0.2) is 0 Å². The van der Waals surface area contributed by atoms with Crippen molar-refractivity contribution < 1.29 is 4.52 Å². The minimum atomic E-state index is 0.0151. The molecule has 1 heterocycles. The van der Waals surface area contributed by atoms with Crippen LogP contribution in [0, 0.1) is 0 Å². The molecule has 0 unspecified atom stereocenters. The lowest BCUT2D eigenvalue weighted by Gasteiger charge is -2.09. The fourth-order valence-corrected chi connectivity index (χ4v) is 2.45. The molecule has 0 atom stereocenters. The summed E-state index contributed by atoms with van der Waals surface area (Å²) in [6, 6.07) is 10.5. The van der Waals surface area contributed by atoms with Gasteiger partial charge in [-0.3, -0.25) is 0 Å². The lowest BCUT2D eigenvalue weighted by molar-refractivity contribution is 0.368. The number of nitrogens with one attached hydrogen (secondary N) is 1. The number of benzene rings is 1. The van der Waals surface area contributed by atoms with E-state index in [1.165, 1.54) is 5.56 Å². The smallest absolute Gasteiger partial charge is 0.227 e. The van der Waals surface area contributed by atoms with Gasteiger partial charge < -0.3 is 9.84 Å². The largest absolute Gasteiger partial charge is 0.339 e. The van der Waals surface area contributed by atoms with Crippen LogP contribution in [0.4, 0.5) is 0 Å². The molecule has 4 nitrogen and oxygen atoms in total. The third kappa shape index (κ3) is 2.40. The molecule has 0 amide bonds. The molecular weight excluding hydrogens is 238 g/mol. The highest BCUT2D eigenvalue weighted by molar-refractivity contribution is 5.38. The molecule has 0 radical (unpaired) electrons. The van der Waals surface area contributed by atoms with Crippen LogP contribution in [0.25, 0.3) is 0 Å². The summed E-state index contributed by atoms with van der Waals surface area (Å²) in [5, 5.41) is 7.46. The summed E-state index contributed by atoms with van der Waals surface area (Å²) in [5.74, 6) is 1.59. The first-order chi connectivity index (χ1) is 9.35. The van der Waals surface area contributed by atoms with Crippen LogP contribution in [-0.2, 0) is 11.8 Å². The lowest BCUT2D eigenvalue weighted by atomic mass is 9.95. The van der Waals surface area contributed by atoms with Crippen molar-refractivity contribution in [3.8, 4) is 0 Å². The van der Waals surface area contributed by atoms with Crippen molar-refractivity contribution in [2.75, 3.05) is 13.1 Å². The highest BCUT2D eigenvalue weighted by atomic mass is 16.5. The summed E-state index contributed by atoms with van der Waals surface area (Å²) in [6.45, 7) is 3.94. The van der Waals surface area contributed by atoms with Gasteiger partial charge in [-0.2, -0.15) is 4.98 Å². The van der Waals surface area contributed by atoms with E-state index in [2.05, 4.69) is 46.6 Å². The SMILES string of the molecule is CCNCCc1nc(C2(c3ccccc3)CC2)no1. The molecule has 1 aromatic carbocycles. The van der Waals surface area contributed by atoms with E-state index < -0.39 is 0 Å². The normalized spacial score (nSPS) is 16.5. The van der Waals surface area contributed by atoms with Gasteiger partial charge in [0.2, 0.25) is 5.89 Å². The molecule has 0 spiro atoms. The predicted octanol–water partition coefficient (Wildman–Crippen LogP) is 2.30. The Morgan fingerprint density at radius 1 is 1.26 bits per heavy atom. The van der Waals surface area contributed by atoms with E-state index in [0.29, 0.717) is 0 Å². The second-order valence-electron chi connectivity index (χ2n) is 5.06. The van der Waals surface area contributed by atoms with E-state index >= 15 is 0 Å². The van der Waals surface area contributed by atoms with Crippen molar-refractivity contribution in [1.29, 1.82) is 0 Å². The van der Waals surface area contributed by atoms with Gasteiger partial charge in [-0.1, -0.05) is 42.4 Å². The van der Waals surface area contributed by atoms with E-state index in [9.17, 15) is 0 Å².